The van der Waals surface area contributed by atoms with Crippen molar-refractivity contribution in [3.8, 4) is 5.75 Å². The molecule has 0 saturated heterocycles. The zero-order valence-corrected chi connectivity index (χ0v) is 14.7. The topological polar surface area (TPSA) is 32.8 Å². The van der Waals surface area contributed by atoms with Crippen LogP contribution in [0, 0.1) is 5.82 Å². The summed E-state index contributed by atoms with van der Waals surface area (Å²) in [6.45, 7) is 1.97. The molecule has 3 rings (SSSR count). The maximum absolute atomic E-state index is 13.8. The number of halogens is 1. The van der Waals surface area contributed by atoms with Gasteiger partial charge in [0.05, 0.1) is 7.11 Å². The Morgan fingerprint density at radius 2 is 2.08 bits per heavy atom. The van der Waals surface area contributed by atoms with E-state index in [0.717, 1.165) is 24.2 Å². The Morgan fingerprint density at radius 3 is 2.84 bits per heavy atom. The Hall–Kier alpha value is -2.40. The number of fused-ring (bicyclic) bond motifs is 1. The number of hydrogen-bond acceptors (Lipinski definition) is 3. The molecule has 2 aromatic carbocycles. The normalized spacial score (nSPS) is 13.2. The minimum absolute atomic E-state index is 0.137. The highest BCUT2D eigenvalue weighted by Gasteiger charge is 2.23. The largest absolute Gasteiger partial charge is 0.494 e. The first-order chi connectivity index (χ1) is 12.1. The Labute approximate surface area is 147 Å². The van der Waals surface area contributed by atoms with E-state index in [2.05, 4.69) is 6.07 Å². The standard InChI is InChI=1S/C20H23FN2O2/c1-22(14-15-7-8-19(25-2)17(21)13-15)11-10-20(24)23-12-9-16-5-3-4-6-18(16)23/h3-8,13H,9-12,14H2,1-2H3. The molecule has 1 aliphatic heterocycles. The van der Waals surface area contributed by atoms with Gasteiger partial charge in [-0.15, -0.1) is 0 Å². The number of rotatable bonds is 6. The predicted octanol–water partition coefficient (Wildman–Crippen LogP) is 3.25. The number of methoxy groups -OCH3 is 1. The number of benzene rings is 2. The van der Waals surface area contributed by atoms with Crippen LogP contribution in [0.25, 0.3) is 0 Å². The van der Waals surface area contributed by atoms with Gasteiger partial charge >= 0.3 is 0 Å². The summed E-state index contributed by atoms with van der Waals surface area (Å²) in [6, 6.07) is 13.0. The lowest BCUT2D eigenvalue weighted by molar-refractivity contribution is -0.118. The second kappa shape index (κ2) is 7.66. The van der Waals surface area contributed by atoms with Crippen molar-refractivity contribution in [2.24, 2.45) is 0 Å². The van der Waals surface area contributed by atoms with Crippen molar-refractivity contribution in [3.63, 3.8) is 0 Å². The molecular formula is C20H23FN2O2. The van der Waals surface area contributed by atoms with E-state index in [1.54, 1.807) is 6.07 Å². The van der Waals surface area contributed by atoms with Crippen LogP contribution in [0.2, 0.25) is 0 Å². The minimum atomic E-state index is -0.363. The summed E-state index contributed by atoms with van der Waals surface area (Å²) in [7, 11) is 3.39. The number of anilines is 1. The highest BCUT2D eigenvalue weighted by molar-refractivity contribution is 5.95. The molecule has 0 atom stereocenters. The van der Waals surface area contributed by atoms with E-state index >= 15 is 0 Å². The van der Waals surface area contributed by atoms with Crippen molar-refractivity contribution in [3.05, 3.63) is 59.4 Å². The number of hydrogen-bond donors (Lipinski definition) is 0. The fourth-order valence-corrected chi connectivity index (χ4v) is 3.22. The molecule has 132 valence electrons. The van der Waals surface area contributed by atoms with Crippen LogP contribution in [-0.4, -0.2) is 38.1 Å². The van der Waals surface area contributed by atoms with Gasteiger partial charge in [-0.1, -0.05) is 24.3 Å². The molecule has 0 unspecified atom stereocenters. The van der Waals surface area contributed by atoms with Gasteiger partial charge in [0, 0.05) is 31.7 Å². The van der Waals surface area contributed by atoms with Gasteiger partial charge in [0.25, 0.3) is 0 Å². The van der Waals surface area contributed by atoms with Crippen LogP contribution in [-0.2, 0) is 17.8 Å². The van der Waals surface area contributed by atoms with Gasteiger partial charge < -0.3 is 14.5 Å². The third kappa shape index (κ3) is 3.99. The molecule has 1 aliphatic rings. The van der Waals surface area contributed by atoms with Crippen LogP contribution in [0.15, 0.2) is 42.5 Å². The number of amides is 1. The Morgan fingerprint density at radius 1 is 1.28 bits per heavy atom. The molecule has 0 N–H and O–H groups in total. The van der Waals surface area contributed by atoms with Crippen LogP contribution in [0.3, 0.4) is 0 Å². The van der Waals surface area contributed by atoms with E-state index in [4.69, 9.17) is 4.74 Å². The first-order valence-electron chi connectivity index (χ1n) is 8.47. The summed E-state index contributed by atoms with van der Waals surface area (Å²) >= 11 is 0. The van der Waals surface area contributed by atoms with E-state index in [0.29, 0.717) is 19.5 Å². The Balaban J connectivity index is 1.53. The van der Waals surface area contributed by atoms with Crippen molar-refractivity contribution >= 4 is 11.6 Å². The second-order valence-corrected chi connectivity index (χ2v) is 6.38. The van der Waals surface area contributed by atoms with Gasteiger partial charge in [0.15, 0.2) is 11.6 Å². The smallest absolute Gasteiger partial charge is 0.228 e. The molecule has 0 saturated carbocycles. The fraction of sp³-hybridized carbons (Fsp3) is 0.350. The molecule has 0 bridgehead atoms. The summed E-state index contributed by atoms with van der Waals surface area (Å²) in [5, 5.41) is 0. The molecule has 0 radical (unpaired) electrons. The summed E-state index contributed by atoms with van der Waals surface area (Å²) in [6.07, 6.45) is 1.37. The highest BCUT2D eigenvalue weighted by Crippen LogP contribution is 2.27. The van der Waals surface area contributed by atoms with Crippen molar-refractivity contribution in [1.82, 2.24) is 4.90 Å². The lowest BCUT2D eigenvalue weighted by atomic mass is 10.2. The van der Waals surface area contributed by atoms with Gasteiger partial charge in [0.1, 0.15) is 0 Å². The van der Waals surface area contributed by atoms with Gasteiger partial charge in [-0.05, 0) is 42.8 Å². The third-order valence-electron chi connectivity index (χ3n) is 4.56. The number of carbonyl (C=O) groups excluding carboxylic acids is 1. The molecule has 0 spiro atoms. The first-order valence-corrected chi connectivity index (χ1v) is 8.47. The number of nitrogens with zero attached hydrogens (tertiary/aromatic N) is 2. The van der Waals surface area contributed by atoms with Crippen LogP contribution in [0.4, 0.5) is 10.1 Å². The van der Waals surface area contributed by atoms with Crippen LogP contribution >= 0.6 is 0 Å². The number of ether oxygens (including phenoxy) is 1. The Kier molecular flexibility index (Phi) is 5.34. The summed E-state index contributed by atoms with van der Waals surface area (Å²) in [4.78, 5) is 16.4. The predicted molar refractivity (Wildman–Crippen MR) is 96.4 cm³/mol. The molecule has 4 nitrogen and oxygen atoms in total. The average molecular weight is 342 g/mol. The summed E-state index contributed by atoms with van der Waals surface area (Å²) < 4.78 is 18.7. The summed E-state index contributed by atoms with van der Waals surface area (Å²) in [5.74, 6) is 0.0186. The number of carbonyl (C=O) groups is 1. The maximum atomic E-state index is 13.8. The lowest BCUT2D eigenvalue weighted by Gasteiger charge is -2.21. The van der Waals surface area contributed by atoms with Crippen LogP contribution in [0.1, 0.15) is 17.5 Å². The quantitative estimate of drug-likeness (QED) is 0.808. The third-order valence-corrected chi connectivity index (χ3v) is 4.56. The van der Waals surface area contributed by atoms with Gasteiger partial charge in [-0.2, -0.15) is 0 Å². The van der Waals surface area contributed by atoms with Crippen LogP contribution < -0.4 is 9.64 Å². The molecule has 0 fully saturated rings. The minimum Gasteiger partial charge on any atom is -0.494 e. The van der Waals surface area contributed by atoms with E-state index in [9.17, 15) is 9.18 Å². The monoisotopic (exact) mass is 342 g/mol. The Bertz CT molecular complexity index is 763. The van der Waals surface area contributed by atoms with Gasteiger partial charge in [-0.25, -0.2) is 4.39 Å². The lowest BCUT2D eigenvalue weighted by Crippen LogP contribution is -2.32. The van der Waals surface area contributed by atoms with Crippen molar-refractivity contribution in [1.29, 1.82) is 0 Å². The van der Waals surface area contributed by atoms with Crippen molar-refractivity contribution in [2.45, 2.75) is 19.4 Å². The molecule has 25 heavy (non-hydrogen) atoms. The summed E-state index contributed by atoms with van der Waals surface area (Å²) in [5.41, 5.74) is 3.13. The van der Waals surface area contributed by atoms with E-state index in [-0.39, 0.29) is 17.5 Å². The number of para-hydroxylation sites is 1. The van der Waals surface area contributed by atoms with E-state index in [1.807, 2.05) is 41.1 Å². The molecule has 1 heterocycles. The molecule has 1 amide bonds. The molecule has 0 aliphatic carbocycles. The maximum Gasteiger partial charge on any atom is 0.228 e. The molecule has 0 aromatic heterocycles. The van der Waals surface area contributed by atoms with E-state index < -0.39 is 0 Å². The van der Waals surface area contributed by atoms with Crippen molar-refractivity contribution < 1.29 is 13.9 Å². The molecule has 5 heteroatoms. The second-order valence-electron chi connectivity index (χ2n) is 6.38. The van der Waals surface area contributed by atoms with Gasteiger partial charge in [0.2, 0.25) is 5.91 Å². The fourth-order valence-electron chi connectivity index (χ4n) is 3.22. The SMILES string of the molecule is COc1ccc(CN(C)CCC(=O)N2CCc3ccccc32)cc1F. The molecular weight excluding hydrogens is 319 g/mol. The highest BCUT2D eigenvalue weighted by atomic mass is 19.1. The van der Waals surface area contributed by atoms with Gasteiger partial charge in [-0.3, -0.25) is 4.79 Å². The average Bonchev–Trinajstić information content (AvgIpc) is 3.04. The zero-order chi connectivity index (χ0) is 17.8. The zero-order valence-electron chi connectivity index (χ0n) is 14.7. The van der Waals surface area contributed by atoms with Crippen molar-refractivity contribution in [2.75, 3.05) is 32.1 Å². The first kappa shape index (κ1) is 17.4. The molecule has 2 aromatic rings. The van der Waals surface area contributed by atoms with Crippen LogP contribution in [0.5, 0.6) is 5.75 Å². The van der Waals surface area contributed by atoms with E-state index in [1.165, 1.54) is 18.7 Å².